The Morgan fingerprint density at radius 3 is 2.94 bits per heavy atom. The molecule has 0 aliphatic rings. The summed E-state index contributed by atoms with van der Waals surface area (Å²) in [6, 6.07) is 4.56. The smallest absolute Gasteiger partial charge is 0.141 e. The Labute approximate surface area is 97.7 Å². The van der Waals surface area contributed by atoms with E-state index in [-0.39, 0.29) is 5.02 Å². The number of benzene rings is 1. The molecule has 1 aromatic heterocycles. The van der Waals surface area contributed by atoms with Crippen molar-refractivity contribution in [2.75, 3.05) is 6.54 Å². The highest BCUT2D eigenvalue weighted by Gasteiger charge is 2.06. The highest BCUT2D eigenvalue weighted by Crippen LogP contribution is 2.19. The van der Waals surface area contributed by atoms with Crippen molar-refractivity contribution >= 4 is 11.6 Å². The second kappa shape index (κ2) is 4.63. The van der Waals surface area contributed by atoms with E-state index < -0.39 is 5.82 Å². The average Bonchev–Trinajstić information content (AvgIpc) is 2.71. The van der Waals surface area contributed by atoms with E-state index in [4.69, 9.17) is 17.3 Å². The van der Waals surface area contributed by atoms with Crippen LogP contribution in [0.1, 0.15) is 5.82 Å². The number of nitrogens with two attached hydrogens (primary N) is 1. The summed E-state index contributed by atoms with van der Waals surface area (Å²) >= 11 is 5.73. The van der Waals surface area contributed by atoms with E-state index in [1.54, 1.807) is 24.5 Å². The summed E-state index contributed by atoms with van der Waals surface area (Å²) < 4.78 is 14.9. The quantitative estimate of drug-likeness (QED) is 0.892. The summed E-state index contributed by atoms with van der Waals surface area (Å²) in [7, 11) is 0. The van der Waals surface area contributed by atoms with Gasteiger partial charge in [-0.2, -0.15) is 0 Å². The summed E-state index contributed by atoms with van der Waals surface area (Å²) in [5.41, 5.74) is 6.27. The number of nitrogens with zero attached hydrogens (tertiary/aromatic N) is 2. The molecule has 0 atom stereocenters. The molecule has 0 aliphatic heterocycles. The van der Waals surface area contributed by atoms with Crippen molar-refractivity contribution < 1.29 is 4.39 Å². The average molecular weight is 240 g/mol. The van der Waals surface area contributed by atoms with Crippen LogP contribution in [-0.2, 0) is 6.42 Å². The van der Waals surface area contributed by atoms with E-state index in [9.17, 15) is 4.39 Å². The van der Waals surface area contributed by atoms with Crippen molar-refractivity contribution in [2.24, 2.45) is 5.73 Å². The lowest BCUT2D eigenvalue weighted by Crippen LogP contribution is -2.08. The van der Waals surface area contributed by atoms with Gasteiger partial charge < -0.3 is 10.3 Å². The van der Waals surface area contributed by atoms with E-state index in [2.05, 4.69) is 4.98 Å². The Balaban J connectivity index is 2.42. The lowest BCUT2D eigenvalue weighted by atomic mass is 10.3. The molecule has 0 unspecified atom stereocenters. The van der Waals surface area contributed by atoms with Crippen LogP contribution < -0.4 is 5.73 Å². The monoisotopic (exact) mass is 239 g/mol. The molecule has 0 bridgehead atoms. The fraction of sp³-hybridized carbons (Fsp3) is 0.182. The van der Waals surface area contributed by atoms with Crippen molar-refractivity contribution in [1.29, 1.82) is 0 Å². The third kappa shape index (κ3) is 2.08. The number of aromatic nitrogens is 2. The van der Waals surface area contributed by atoms with Gasteiger partial charge in [-0.05, 0) is 24.7 Å². The summed E-state index contributed by atoms with van der Waals surface area (Å²) in [5.74, 6) is 0.413. The van der Waals surface area contributed by atoms with Crippen LogP contribution in [0.15, 0.2) is 30.6 Å². The molecule has 0 saturated heterocycles. The van der Waals surface area contributed by atoms with Crippen LogP contribution in [0.3, 0.4) is 0 Å². The minimum atomic E-state index is -0.425. The van der Waals surface area contributed by atoms with Crippen molar-refractivity contribution in [3.05, 3.63) is 47.3 Å². The van der Waals surface area contributed by atoms with E-state index in [1.807, 2.05) is 4.57 Å². The normalized spacial score (nSPS) is 10.7. The van der Waals surface area contributed by atoms with Crippen molar-refractivity contribution in [1.82, 2.24) is 9.55 Å². The van der Waals surface area contributed by atoms with Crippen molar-refractivity contribution in [2.45, 2.75) is 6.42 Å². The van der Waals surface area contributed by atoms with E-state index >= 15 is 0 Å². The van der Waals surface area contributed by atoms with E-state index in [0.717, 1.165) is 11.5 Å². The molecule has 0 spiro atoms. The molecular weight excluding hydrogens is 229 g/mol. The molecule has 16 heavy (non-hydrogen) atoms. The Morgan fingerprint density at radius 2 is 2.25 bits per heavy atom. The SMILES string of the molecule is NCCc1nccn1-c1ccc(F)c(Cl)c1. The number of hydrogen-bond donors (Lipinski definition) is 1. The molecular formula is C11H11ClFN3. The zero-order chi connectivity index (χ0) is 11.5. The number of hydrogen-bond acceptors (Lipinski definition) is 2. The molecule has 2 N–H and O–H groups in total. The van der Waals surface area contributed by atoms with Gasteiger partial charge in [-0.3, -0.25) is 0 Å². The fourth-order valence-electron chi connectivity index (χ4n) is 1.52. The van der Waals surface area contributed by atoms with Gasteiger partial charge >= 0.3 is 0 Å². The van der Waals surface area contributed by atoms with E-state index in [1.165, 1.54) is 6.07 Å². The molecule has 84 valence electrons. The van der Waals surface area contributed by atoms with Crippen molar-refractivity contribution in [3.63, 3.8) is 0 Å². The number of imidazole rings is 1. The predicted octanol–water partition coefficient (Wildman–Crippen LogP) is 2.17. The largest absolute Gasteiger partial charge is 0.330 e. The molecule has 1 heterocycles. The molecule has 2 aromatic rings. The minimum absolute atomic E-state index is 0.102. The second-order valence-corrected chi connectivity index (χ2v) is 3.76. The maximum Gasteiger partial charge on any atom is 0.141 e. The molecule has 0 fully saturated rings. The lowest BCUT2D eigenvalue weighted by molar-refractivity contribution is 0.627. The van der Waals surface area contributed by atoms with Gasteiger partial charge in [-0.1, -0.05) is 11.6 Å². The number of halogens is 2. The molecule has 5 heteroatoms. The lowest BCUT2D eigenvalue weighted by Gasteiger charge is -2.07. The van der Waals surface area contributed by atoms with Gasteiger partial charge in [0.25, 0.3) is 0 Å². The molecule has 0 radical (unpaired) electrons. The van der Waals surface area contributed by atoms with Gasteiger partial charge in [-0.15, -0.1) is 0 Å². The molecule has 1 aromatic carbocycles. The summed E-state index contributed by atoms with van der Waals surface area (Å²) in [6.45, 7) is 0.520. The van der Waals surface area contributed by atoms with Crippen LogP contribution in [0.4, 0.5) is 4.39 Å². The van der Waals surface area contributed by atoms with Crippen LogP contribution in [0.2, 0.25) is 5.02 Å². The Morgan fingerprint density at radius 1 is 1.44 bits per heavy atom. The van der Waals surface area contributed by atoms with Crippen LogP contribution in [0.25, 0.3) is 5.69 Å². The van der Waals surface area contributed by atoms with Gasteiger partial charge in [0.2, 0.25) is 0 Å². The topological polar surface area (TPSA) is 43.8 Å². The molecule has 0 saturated carbocycles. The molecule has 0 amide bonds. The maximum atomic E-state index is 13.0. The third-order valence-electron chi connectivity index (χ3n) is 2.27. The van der Waals surface area contributed by atoms with Gasteiger partial charge in [0, 0.05) is 24.5 Å². The highest BCUT2D eigenvalue weighted by atomic mass is 35.5. The summed E-state index contributed by atoms with van der Waals surface area (Å²) in [5, 5.41) is 0.102. The van der Waals surface area contributed by atoms with Gasteiger partial charge in [-0.25, -0.2) is 9.37 Å². The fourth-order valence-corrected chi connectivity index (χ4v) is 1.69. The van der Waals surface area contributed by atoms with Crippen LogP contribution in [0, 0.1) is 5.82 Å². The highest BCUT2D eigenvalue weighted by molar-refractivity contribution is 6.30. The number of rotatable bonds is 3. The van der Waals surface area contributed by atoms with Gasteiger partial charge in [0.05, 0.1) is 5.02 Å². The first-order valence-corrected chi connectivity index (χ1v) is 5.28. The Hall–Kier alpha value is -1.39. The van der Waals surface area contributed by atoms with Crippen LogP contribution in [0.5, 0.6) is 0 Å². The minimum Gasteiger partial charge on any atom is -0.330 e. The first kappa shape index (κ1) is 11.1. The summed E-state index contributed by atoms with van der Waals surface area (Å²) in [4.78, 5) is 4.18. The Bertz CT molecular complexity index is 496. The standard InChI is InChI=1S/C11H11ClFN3/c12-9-7-8(1-2-10(9)13)16-6-5-15-11(16)3-4-14/h1-2,5-7H,3-4,14H2. The van der Waals surface area contributed by atoms with Crippen LogP contribution in [-0.4, -0.2) is 16.1 Å². The van der Waals surface area contributed by atoms with Gasteiger partial charge in [0.1, 0.15) is 11.6 Å². The zero-order valence-electron chi connectivity index (χ0n) is 8.53. The van der Waals surface area contributed by atoms with Crippen LogP contribution >= 0.6 is 11.6 Å². The molecule has 3 nitrogen and oxygen atoms in total. The zero-order valence-corrected chi connectivity index (χ0v) is 9.28. The molecule has 2 rings (SSSR count). The first-order chi connectivity index (χ1) is 7.72. The predicted molar refractivity (Wildman–Crippen MR) is 61.3 cm³/mol. The first-order valence-electron chi connectivity index (χ1n) is 4.90. The molecule has 0 aliphatic carbocycles. The van der Waals surface area contributed by atoms with Gasteiger partial charge in [0.15, 0.2) is 0 Å². The van der Waals surface area contributed by atoms with Crippen molar-refractivity contribution in [3.8, 4) is 5.69 Å². The third-order valence-corrected chi connectivity index (χ3v) is 2.56. The maximum absolute atomic E-state index is 13.0. The second-order valence-electron chi connectivity index (χ2n) is 3.35. The van der Waals surface area contributed by atoms with E-state index in [0.29, 0.717) is 13.0 Å². The Kier molecular flexibility index (Phi) is 3.22. The summed E-state index contributed by atoms with van der Waals surface area (Å²) in [6.07, 6.45) is 4.15.